The lowest BCUT2D eigenvalue weighted by atomic mass is 9.88. The lowest BCUT2D eigenvalue weighted by Gasteiger charge is -2.24. The molecule has 28 heavy (non-hydrogen) atoms. The van der Waals surface area contributed by atoms with Gasteiger partial charge in [-0.2, -0.15) is 0 Å². The van der Waals surface area contributed by atoms with E-state index >= 15 is 0 Å². The minimum atomic E-state index is 0.174. The Morgan fingerprint density at radius 2 is 1.54 bits per heavy atom. The highest BCUT2D eigenvalue weighted by molar-refractivity contribution is 6.15. The largest absolute Gasteiger partial charge is 0.374 e. The summed E-state index contributed by atoms with van der Waals surface area (Å²) in [4.78, 5) is 15.4. The van der Waals surface area contributed by atoms with E-state index in [1.165, 1.54) is 31.2 Å². The topological polar surface area (TPSA) is 20.3 Å². The number of hydrogen-bond donors (Lipinski definition) is 0. The normalized spacial score (nSPS) is 13.2. The van der Waals surface area contributed by atoms with Crippen LogP contribution >= 0.6 is 0 Å². The van der Waals surface area contributed by atoms with Gasteiger partial charge in [-0.25, -0.2) is 0 Å². The predicted molar refractivity (Wildman–Crippen MR) is 125 cm³/mol. The third-order valence-corrected chi connectivity index (χ3v) is 5.50. The van der Waals surface area contributed by atoms with Crippen molar-refractivity contribution in [3.05, 3.63) is 52.1 Å². The van der Waals surface area contributed by atoms with E-state index < -0.39 is 0 Å². The first kappa shape index (κ1) is 24.2. The van der Waals surface area contributed by atoms with Crippen molar-refractivity contribution >= 4 is 11.5 Å². The maximum absolute atomic E-state index is 13.2. The summed E-state index contributed by atoms with van der Waals surface area (Å²) < 4.78 is 0. The number of unbranched alkanes of at least 4 members (excludes halogenated alkanes) is 3. The zero-order valence-electron chi connectivity index (χ0n) is 19.3. The minimum Gasteiger partial charge on any atom is -0.374 e. The fourth-order valence-electron chi connectivity index (χ4n) is 3.57. The highest BCUT2D eigenvalue weighted by Gasteiger charge is 2.22. The van der Waals surface area contributed by atoms with Crippen molar-refractivity contribution in [3.8, 4) is 0 Å². The van der Waals surface area contributed by atoms with Gasteiger partial charge in [-0.15, -0.1) is 0 Å². The van der Waals surface area contributed by atoms with Gasteiger partial charge in [-0.3, -0.25) is 4.79 Å². The third-order valence-electron chi connectivity index (χ3n) is 5.50. The first-order valence-electron chi connectivity index (χ1n) is 11.1. The van der Waals surface area contributed by atoms with E-state index in [1.54, 1.807) is 0 Å². The van der Waals surface area contributed by atoms with Crippen LogP contribution in [0.15, 0.2) is 35.4 Å². The number of carbonyl (C=O) groups is 1. The van der Waals surface area contributed by atoms with Crippen LogP contribution < -0.4 is 4.90 Å². The van der Waals surface area contributed by atoms with Crippen LogP contribution in [-0.4, -0.2) is 19.4 Å². The van der Waals surface area contributed by atoms with Crippen LogP contribution in [0, 0.1) is 13.8 Å². The highest BCUT2D eigenvalue weighted by Crippen LogP contribution is 2.31. The van der Waals surface area contributed by atoms with Gasteiger partial charge in [-0.05, 0) is 62.8 Å². The molecular weight excluding hydrogens is 342 g/mol. The van der Waals surface area contributed by atoms with Crippen molar-refractivity contribution in [1.82, 2.24) is 0 Å². The number of ketones is 1. The molecule has 0 spiro atoms. The van der Waals surface area contributed by atoms with Crippen molar-refractivity contribution in [2.75, 3.05) is 18.5 Å². The Morgan fingerprint density at radius 3 is 2.07 bits per heavy atom. The zero-order chi connectivity index (χ0) is 21.1. The Labute approximate surface area is 173 Å². The van der Waals surface area contributed by atoms with Crippen LogP contribution in [0.5, 0.6) is 0 Å². The molecule has 0 amide bonds. The zero-order valence-corrected chi connectivity index (χ0v) is 19.3. The Balaban J connectivity index is 0.000000568. The van der Waals surface area contributed by atoms with Crippen molar-refractivity contribution in [3.63, 3.8) is 0 Å². The maximum Gasteiger partial charge on any atom is 0.195 e. The van der Waals surface area contributed by atoms with Gasteiger partial charge in [0.1, 0.15) is 0 Å². The number of allylic oxidation sites excluding steroid dienone is 4. The Hall–Kier alpha value is -1.83. The number of hydrogen-bond acceptors (Lipinski definition) is 2. The van der Waals surface area contributed by atoms with Crippen LogP contribution in [0.3, 0.4) is 0 Å². The molecule has 0 N–H and O–H groups in total. The lowest BCUT2D eigenvalue weighted by Crippen LogP contribution is -2.22. The fraction of sp³-hybridized carbons (Fsp3) is 0.577. The van der Waals surface area contributed by atoms with Crippen LogP contribution in [0.25, 0.3) is 0 Å². The summed E-state index contributed by atoms with van der Waals surface area (Å²) in [5.41, 5.74) is 6.19. The number of Topliss-reactive ketones (excluding diaryl/α,β-unsaturated/α-hetero) is 1. The molecule has 0 aliphatic heterocycles. The van der Waals surface area contributed by atoms with Crippen LogP contribution in [0.4, 0.5) is 5.69 Å². The number of benzene rings is 1. The summed E-state index contributed by atoms with van der Waals surface area (Å²) >= 11 is 0. The second kappa shape index (κ2) is 12.6. The van der Waals surface area contributed by atoms with Gasteiger partial charge in [-0.1, -0.05) is 64.7 Å². The van der Waals surface area contributed by atoms with Gasteiger partial charge in [0.15, 0.2) is 5.78 Å². The first-order chi connectivity index (χ1) is 13.4. The average molecular weight is 384 g/mol. The van der Waals surface area contributed by atoms with Gasteiger partial charge in [0.05, 0.1) is 0 Å². The van der Waals surface area contributed by atoms with E-state index in [4.69, 9.17) is 0 Å². The van der Waals surface area contributed by atoms with E-state index in [0.717, 1.165) is 53.8 Å². The Morgan fingerprint density at radius 1 is 0.929 bits per heavy atom. The van der Waals surface area contributed by atoms with E-state index in [0.29, 0.717) is 0 Å². The molecule has 0 atom stereocenters. The molecule has 1 aromatic rings. The summed E-state index contributed by atoms with van der Waals surface area (Å²) in [6, 6.07) is 4.21. The molecule has 1 aromatic carbocycles. The SMILES string of the molecule is CCCCCC.CCCN(C)c1ccc(C)c(C)c1C(=O)C1=CCCC=C1C. The summed E-state index contributed by atoms with van der Waals surface area (Å²) in [5.74, 6) is 0.174. The minimum absolute atomic E-state index is 0.174. The summed E-state index contributed by atoms with van der Waals surface area (Å²) in [6.07, 6.45) is 12.9. The smallest absolute Gasteiger partial charge is 0.195 e. The number of aryl methyl sites for hydroxylation is 1. The monoisotopic (exact) mass is 383 g/mol. The van der Waals surface area contributed by atoms with Crippen molar-refractivity contribution in [2.24, 2.45) is 0 Å². The van der Waals surface area contributed by atoms with Gasteiger partial charge >= 0.3 is 0 Å². The molecule has 0 saturated heterocycles. The quantitative estimate of drug-likeness (QED) is 0.340. The van der Waals surface area contributed by atoms with E-state index in [2.05, 4.69) is 70.9 Å². The molecule has 0 heterocycles. The molecule has 156 valence electrons. The molecular formula is C26H41NO. The molecule has 0 bridgehead atoms. The molecule has 1 aliphatic carbocycles. The maximum atomic E-state index is 13.2. The summed E-state index contributed by atoms with van der Waals surface area (Å²) in [7, 11) is 2.07. The van der Waals surface area contributed by atoms with E-state index in [9.17, 15) is 4.79 Å². The molecule has 1 aliphatic rings. The van der Waals surface area contributed by atoms with E-state index in [1.807, 2.05) is 6.92 Å². The highest BCUT2D eigenvalue weighted by atomic mass is 16.1. The molecule has 2 rings (SSSR count). The molecule has 0 unspecified atom stereocenters. The lowest BCUT2D eigenvalue weighted by molar-refractivity contribution is 0.103. The Kier molecular flexibility index (Phi) is 10.9. The van der Waals surface area contributed by atoms with Gasteiger partial charge in [0.2, 0.25) is 0 Å². The standard InChI is InChI=1S/C20H27NO.C6H14/c1-6-13-21(5)18-12-11-14(2)16(4)19(18)20(22)17-10-8-7-9-15(17)3;1-3-5-6-4-2/h9-12H,6-8,13H2,1-5H3;3-6H2,1-2H3. The van der Waals surface area contributed by atoms with Gasteiger partial charge in [0.25, 0.3) is 0 Å². The number of anilines is 1. The molecule has 0 saturated carbocycles. The number of rotatable bonds is 8. The van der Waals surface area contributed by atoms with Gasteiger partial charge < -0.3 is 4.90 Å². The Bertz CT molecular complexity index is 693. The molecule has 2 nitrogen and oxygen atoms in total. The van der Waals surface area contributed by atoms with Crippen LogP contribution in [0.1, 0.15) is 94.1 Å². The van der Waals surface area contributed by atoms with Crippen LogP contribution in [0.2, 0.25) is 0 Å². The first-order valence-corrected chi connectivity index (χ1v) is 11.1. The molecule has 0 aromatic heterocycles. The third kappa shape index (κ3) is 6.65. The fourth-order valence-corrected chi connectivity index (χ4v) is 3.57. The molecule has 0 radical (unpaired) electrons. The van der Waals surface area contributed by atoms with Crippen molar-refractivity contribution in [1.29, 1.82) is 0 Å². The molecule has 0 fully saturated rings. The average Bonchev–Trinajstić information content (AvgIpc) is 2.68. The second-order valence-corrected chi connectivity index (χ2v) is 7.94. The second-order valence-electron chi connectivity index (χ2n) is 7.94. The summed E-state index contributed by atoms with van der Waals surface area (Å²) in [6.45, 7) is 13.8. The predicted octanol–water partition coefficient (Wildman–Crippen LogP) is 7.59. The summed E-state index contributed by atoms with van der Waals surface area (Å²) in [5, 5.41) is 0. The van der Waals surface area contributed by atoms with Crippen LogP contribution in [-0.2, 0) is 0 Å². The van der Waals surface area contributed by atoms with E-state index in [-0.39, 0.29) is 5.78 Å². The van der Waals surface area contributed by atoms with Crippen molar-refractivity contribution < 1.29 is 4.79 Å². The molecule has 2 heteroatoms. The van der Waals surface area contributed by atoms with Gasteiger partial charge in [0, 0.05) is 30.4 Å². The number of carbonyl (C=O) groups excluding carboxylic acids is 1. The number of nitrogens with zero attached hydrogens (tertiary/aromatic N) is 1. The van der Waals surface area contributed by atoms with Crippen molar-refractivity contribution in [2.45, 2.75) is 86.5 Å².